The highest BCUT2D eigenvalue weighted by atomic mass is 16.5. The summed E-state index contributed by atoms with van der Waals surface area (Å²) in [7, 11) is 0. The van der Waals surface area contributed by atoms with E-state index in [9.17, 15) is 14.9 Å². The van der Waals surface area contributed by atoms with Crippen LogP contribution in [0.1, 0.15) is 34.0 Å². The molecule has 0 saturated heterocycles. The van der Waals surface area contributed by atoms with Crippen molar-refractivity contribution in [2.75, 3.05) is 5.32 Å². The molecule has 0 fully saturated rings. The molecule has 0 bridgehead atoms. The number of fused-ring (bicyclic) bond motifs is 1. The van der Waals surface area contributed by atoms with Gasteiger partial charge in [0.2, 0.25) is 0 Å². The van der Waals surface area contributed by atoms with Gasteiger partial charge in [0.15, 0.2) is 11.6 Å². The molecule has 0 aliphatic heterocycles. The summed E-state index contributed by atoms with van der Waals surface area (Å²) in [6.07, 6.45) is 1.38. The minimum absolute atomic E-state index is 0.193. The smallest absolute Gasteiger partial charge is 0.308 e. The summed E-state index contributed by atoms with van der Waals surface area (Å²) >= 11 is 0. The summed E-state index contributed by atoms with van der Waals surface area (Å²) in [5, 5.41) is 17.6. The predicted molar refractivity (Wildman–Crippen MR) is 119 cm³/mol. The molecule has 2 heterocycles. The predicted octanol–water partition coefficient (Wildman–Crippen LogP) is 4.09. The van der Waals surface area contributed by atoms with Gasteiger partial charge in [0.1, 0.15) is 17.4 Å². The van der Waals surface area contributed by atoms with Crippen LogP contribution in [-0.4, -0.2) is 26.6 Å². The summed E-state index contributed by atoms with van der Waals surface area (Å²) < 4.78 is 6.48. The van der Waals surface area contributed by atoms with E-state index in [1.807, 2.05) is 44.2 Å². The molecule has 8 nitrogen and oxygen atoms in total. The number of ether oxygens (including phenoxy) is 1. The Morgan fingerprint density at radius 2 is 1.88 bits per heavy atom. The van der Waals surface area contributed by atoms with Gasteiger partial charge in [-0.25, -0.2) is 4.98 Å². The van der Waals surface area contributed by atoms with Crippen molar-refractivity contribution in [2.45, 2.75) is 20.8 Å². The molecule has 8 heteroatoms. The molecule has 0 atom stereocenters. The van der Waals surface area contributed by atoms with E-state index in [0.717, 1.165) is 22.0 Å². The molecule has 2 aromatic carbocycles. The van der Waals surface area contributed by atoms with Gasteiger partial charge in [-0.2, -0.15) is 15.0 Å². The maximum Gasteiger partial charge on any atom is 0.308 e. The highest BCUT2D eigenvalue weighted by Crippen LogP contribution is 2.26. The average molecular weight is 425 g/mol. The maximum absolute atomic E-state index is 12.9. The number of esters is 1. The van der Waals surface area contributed by atoms with E-state index in [1.54, 1.807) is 18.2 Å². The molecule has 1 N–H and O–H groups in total. The zero-order valence-electron chi connectivity index (χ0n) is 17.7. The number of nitriles is 1. The number of rotatable bonds is 4. The third-order valence-corrected chi connectivity index (χ3v) is 4.93. The van der Waals surface area contributed by atoms with E-state index < -0.39 is 11.9 Å². The maximum atomic E-state index is 12.9. The fraction of sp³-hybridized carbons (Fsp3) is 0.125. The fourth-order valence-corrected chi connectivity index (χ4v) is 3.42. The first kappa shape index (κ1) is 20.8. The van der Waals surface area contributed by atoms with Crippen molar-refractivity contribution in [3.05, 3.63) is 77.0 Å². The van der Waals surface area contributed by atoms with Crippen molar-refractivity contribution in [1.29, 1.82) is 5.26 Å². The Hall–Kier alpha value is -4.51. The molecule has 32 heavy (non-hydrogen) atoms. The number of nitrogens with zero attached hydrogens (tertiary/aromatic N) is 4. The van der Waals surface area contributed by atoms with Crippen LogP contribution in [0.4, 0.5) is 5.82 Å². The van der Waals surface area contributed by atoms with Crippen LogP contribution in [0.25, 0.3) is 16.7 Å². The van der Waals surface area contributed by atoms with Gasteiger partial charge in [0.25, 0.3) is 5.91 Å². The van der Waals surface area contributed by atoms with Crippen molar-refractivity contribution in [3.63, 3.8) is 0 Å². The van der Waals surface area contributed by atoms with Gasteiger partial charge in [0, 0.05) is 17.9 Å². The second kappa shape index (κ2) is 8.32. The normalized spacial score (nSPS) is 10.6. The van der Waals surface area contributed by atoms with Gasteiger partial charge >= 0.3 is 5.97 Å². The van der Waals surface area contributed by atoms with E-state index in [1.165, 1.54) is 23.9 Å². The van der Waals surface area contributed by atoms with Crippen LogP contribution in [-0.2, 0) is 4.79 Å². The molecular weight excluding hydrogens is 406 g/mol. The molecule has 0 aliphatic rings. The van der Waals surface area contributed by atoms with Gasteiger partial charge in [0.05, 0.1) is 11.7 Å². The van der Waals surface area contributed by atoms with Gasteiger partial charge < -0.3 is 10.1 Å². The highest BCUT2D eigenvalue weighted by molar-refractivity contribution is 6.04. The number of nitrogens with one attached hydrogen (secondary N) is 1. The Morgan fingerprint density at radius 3 is 2.62 bits per heavy atom. The fourth-order valence-electron chi connectivity index (χ4n) is 3.42. The van der Waals surface area contributed by atoms with Crippen LogP contribution in [0.5, 0.6) is 5.75 Å². The van der Waals surface area contributed by atoms with Gasteiger partial charge in [-0.05, 0) is 49.2 Å². The zero-order chi connectivity index (χ0) is 22.8. The first-order chi connectivity index (χ1) is 15.4. The minimum atomic E-state index is -0.486. The van der Waals surface area contributed by atoms with Crippen molar-refractivity contribution < 1.29 is 14.3 Å². The Balaban J connectivity index is 1.75. The summed E-state index contributed by atoms with van der Waals surface area (Å²) in [5.41, 5.74) is 3.28. The van der Waals surface area contributed by atoms with Gasteiger partial charge in [-0.1, -0.05) is 24.3 Å². The van der Waals surface area contributed by atoms with Gasteiger partial charge in [-0.15, -0.1) is 0 Å². The molecule has 158 valence electrons. The molecule has 0 unspecified atom stereocenters. The van der Waals surface area contributed by atoms with Crippen LogP contribution in [0.2, 0.25) is 0 Å². The first-order valence-corrected chi connectivity index (χ1v) is 9.82. The molecular formula is C24H19N5O3. The van der Waals surface area contributed by atoms with Crippen LogP contribution in [0.15, 0.2) is 54.7 Å². The zero-order valence-corrected chi connectivity index (χ0v) is 17.7. The third kappa shape index (κ3) is 3.91. The van der Waals surface area contributed by atoms with Crippen molar-refractivity contribution >= 4 is 28.6 Å². The Labute approximate surface area is 184 Å². The lowest BCUT2D eigenvalue weighted by Crippen LogP contribution is -2.17. The lowest BCUT2D eigenvalue weighted by molar-refractivity contribution is -0.131. The van der Waals surface area contributed by atoms with Crippen LogP contribution in [0, 0.1) is 25.2 Å². The second-order valence-corrected chi connectivity index (χ2v) is 7.27. The number of pyridine rings is 1. The van der Waals surface area contributed by atoms with Crippen LogP contribution in [0.3, 0.4) is 0 Å². The number of anilines is 1. The Kier molecular flexibility index (Phi) is 5.39. The lowest BCUT2D eigenvalue weighted by Gasteiger charge is -2.12. The summed E-state index contributed by atoms with van der Waals surface area (Å²) in [4.78, 5) is 28.8. The monoisotopic (exact) mass is 425 g/mol. The number of carbonyl (C=O) groups is 2. The largest absolute Gasteiger partial charge is 0.427 e. The van der Waals surface area contributed by atoms with E-state index in [0.29, 0.717) is 5.82 Å². The molecule has 0 radical (unpaired) electrons. The summed E-state index contributed by atoms with van der Waals surface area (Å²) in [5.74, 6) is -0.0298. The van der Waals surface area contributed by atoms with E-state index in [-0.39, 0.29) is 22.7 Å². The Morgan fingerprint density at radius 1 is 1.09 bits per heavy atom. The van der Waals surface area contributed by atoms with Crippen molar-refractivity contribution in [2.24, 2.45) is 0 Å². The number of amides is 1. The number of hydrogen-bond donors (Lipinski definition) is 1. The topological polar surface area (TPSA) is 110 Å². The SMILES string of the molecule is CC(=O)Oc1cccc(C(=O)Nc2c(C#N)cnn2-c2cc(C)c3cccc(C)c3n2)c1. The number of aryl methyl sites for hydroxylation is 2. The minimum Gasteiger partial charge on any atom is -0.427 e. The number of carbonyl (C=O) groups excluding carboxylic acids is 2. The van der Waals surface area contributed by atoms with Crippen molar-refractivity contribution in [1.82, 2.24) is 14.8 Å². The van der Waals surface area contributed by atoms with E-state index in [4.69, 9.17) is 9.72 Å². The number of hydrogen-bond acceptors (Lipinski definition) is 6. The van der Waals surface area contributed by atoms with E-state index >= 15 is 0 Å². The Bertz CT molecular complexity index is 1420. The third-order valence-electron chi connectivity index (χ3n) is 4.93. The van der Waals surface area contributed by atoms with Crippen LogP contribution < -0.4 is 10.1 Å². The number of aromatic nitrogens is 3. The molecule has 0 aliphatic carbocycles. The number of para-hydroxylation sites is 1. The second-order valence-electron chi connectivity index (χ2n) is 7.27. The summed E-state index contributed by atoms with van der Waals surface area (Å²) in [6.45, 7) is 5.23. The average Bonchev–Trinajstić information content (AvgIpc) is 3.16. The van der Waals surface area contributed by atoms with Gasteiger partial charge in [-0.3, -0.25) is 9.59 Å². The standard InChI is InChI=1S/C24H19N5O3/c1-14-6-4-9-20-15(2)10-21(27-22(14)20)29-23(18(12-25)13-26-29)28-24(31)17-7-5-8-19(11-17)32-16(3)30/h4-11,13H,1-3H3,(H,28,31). The molecule has 4 rings (SSSR count). The first-order valence-electron chi connectivity index (χ1n) is 9.82. The molecule has 4 aromatic rings. The molecule has 0 spiro atoms. The molecule has 1 amide bonds. The number of benzene rings is 2. The van der Waals surface area contributed by atoms with Crippen LogP contribution >= 0.6 is 0 Å². The lowest BCUT2D eigenvalue weighted by atomic mass is 10.1. The summed E-state index contributed by atoms with van der Waals surface area (Å²) in [6, 6.07) is 16.1. The van der Waals surface area contributed by atoms with Crippen molar-refractivity contribution in [3.8, 4) is 17.6 Å². The molecule has 2 aromatic heterocycles. The highest BCUT2D eigenvalue weighted by Gasteiger charge is 2.18. The van der Waals surface area contributed by atoms with E-state index in [2.05, 4.69) is 10.4 Å². The quantitative estimate of drug-likeness (QED) is 0.390. The molecule has 0 saturated carbocycles.